The van der Waals surface area contributed by atoms with Crippen molar-refractivity contribution in [2.24, 2.45) is 0 Å². The Morgan fingerprint density at radius 1 is 0.893 bits per heavy atom. The molecule has 0 radical (unpaired) electrons. The number of methoxy groups -OCH3 is 2. The Bertz CT molecular complexity index is 944. The lowest BCUT2D eigenvalue weighted by Crippen LogP contribution is -2.31. The summed E-state index contributed by atoms with van der Waals surface area (Å²) in [5.41, 5.74) is 3.48. The van der Waals surface area contributed by atoms with Crippen molar-refractivity contribution in [3.8, 4) is 17.2 Å². The van der Waals surface area contributed by atoms with Crippen LogP contribution in [0.25, 0.3) is 0 Å². The number of pyridine rings is 2. The van der Waals surface area contributed by atoms with Crippen molar-refractivity contribution < 1.29 is 14.2 Å². The van der Waals surface area contributed by atoms with Crippen LogP contribution in [0.4, 0.5) is 5.82 Å². The Morgan fingerprint density at radius 3 is 2.54 bits per heavy atom. The van der Waals surface area contributed by atoms with Crippen LogP contribution in [0.15, 0.2) is 54.9 Å². The third-order valence-corrected chi connectivity index (χ3v) is 4.89. The summed E-state index contributed by atoms with van der Waals surface area (Å²) in [6.07, 6.45) is 4.46. The van der Waals surface area contributed by atoms with E-state index in [-0.39, 0.29) is 0 Å². The zero-order chi connectivity index (χ0) is 19.3. The van der Waals surface area contributed by atoms with Crippen molar-refractivity contribution in [2.45, 2.75) is 19.6 Å². The second-order valence-corrected chi connectivity index (χ2v) is 6.63. The van der Waals surface area contributed by atoms with Crippen LogP contribution >= 0.6 is 0 Å². The van der Waals surface area contributed by atoms with E-state index in [9.17, 15) is 0 Å². The van der Waals surface area contributed by atoms with Gasteiger partial charge in [-0.05, 0) is 47.9 Å². The van der Waals surface area contributed by atoms with E-state index in [1.165, 1.54) is 11.1 Å². The van der Waals surface area contributed by atoms with Gasteiger partial charge in [0.2, 0.25) is 0 Å². The number of hydrogen-bond acceptors (Lipinski definition) is 6. The Kier molecular flexibility index (Phi) is 5.28. The maximum absolute atomic E-state index is 5.95. The Morgan fingerprint density at radius 2 is 1.75 bits per heavy atom. The van der Waals surface area contributed by atoms with Crippen LogP contribution in [-0.2, 0) is 19.6 Å². The highest BCUT2D eigenvalue weighted by molar-refractivity contribution is 5.48. The Balaban J connectivity index is 1.45. The third kappa shape index (κ3) is 4.01. The van der Waals surface area contributed by atoms with Gasteiger partial charge in [0, 0.05) is 25.4 Å². The summed E-state index contributed by atoms with van der Waals surface area (Å²) < 4.78 is 16.4. The van der Waals surface area contributed by atoms with Gasteiger partial charge in [-0.25, -0.2) is 4.98 Å². The highest BCUT2D eigenvalue weighted by Gasteiger charge is 2.18. The maximum Gasteiger partial charge on any atom is 0.137 e. The zero-order valence-corrected chi connectivity index (χ0v) is 16.1. The quantitative estimate of drug-likeness (QED) is 0.654. The van der Waals surface area contributed by atoms with Gasteiger partial charge in [0.1, 0.15) is 29.7 Å². The summed E-state index contributed by atoms with van der Waals surface area (Å²) >= 11 is 0. The number of fused-ring (bicyclic) bond motifs is 1. The molecule has 1 aromatic carbocycles. The zero-order valence-electron chi connectivity index (χ0n) is 16.1. The first-order chi connectivity index (χ1) is 13.7. The molecule has 3 aromatic rings. The Hall–Kier alpha value is -3.28. The molecule has 0 amide bonds. The number of aromatic nitrogens is 2. The molecule has 0 N–H and O–H groups in total. The fourth-order valence-corrected chi connectivity index (χ4v) is 3.29. The third-order valence-electron chi connectivity index (χ3n) is 4.89. The molecule has 0 atom stereocenters. The van der Waals surface area contributed by atoms with Crippen molar-refractivity contribution in [3.05, 3.63) is 71.7 Å². The first-order valence-electron chi connectivity index (χ1n) is 9.23. The second kappa shape index (κ2) is 8.17. The van der Waals surface area contributed by atoms with E-state index < -0.39 is 0 Å². The molecule has 0 unspecified atom stereocenters. The first-order valence-corrected chi connectivity index (χ1v) is 9.23. The van der Waals surface area contributed by atoms with Gasteiger partial charge >= 0.3 is 0 Å². The lowest BCUT2D eigenvalue weighted by atomic mass is 9.99. The number of ether oxygens (including phenoxy) is 3. The van der Waals surface area contributed by atoms with Crippen molar-refractivity contribution in [1.29, 1.82) is 0 Å². The first kappa shape index (κ1) is 18.1. The van der Waals surface area contributed by atoms with Crippen LogP contribution in [-0.4, -0.2) is 30.7 Å². The van der Waals surface area contributed by atoms with Gasteiger partial charge in [-0.2, -0.15) is 0 Å². The minimum atomic E-state index is 0.421. The molecule has 0 saturated heterocycles. The van der Waals surface area contributed by atoms with Gasteiger partial charge in [-0.3, -0.25) is 4.98 Å². The normalized spacial score (nSPS) is 13.0. The second-order valence-electron chi connectivity index (χ2n) is 6.63. The number of benzene rings is 1. The van der Waals surface area contributed by atoms with Gasteiger partial charge in [0.25, 0.3) is 0 Å². The molecular formula is C22H23N3O3. The molecule has 6 nitrogen and oxygen atoms in total. The van der Waals surface area contributed by atoms with Gasteiger partial charge in [-0.1, -0.05) is 6.07 Å². The lowest BCUT2D eigenvalue weighted by Gasteiger charge is -2.30. The molecule has 0 spiro atoms. The summed E-state index contributed by atoms with van der Waals surface area (Å²) in [6, 6.07) is 13.9. The van der Waals surface area contributed by atoms with Crippen molar-refractivity contribution in [1.82, 2.24) is 9.97 Å². The van der Waals surface area contributed by atoms with Crippen LogP contribution in [0.1, 0.15) is 16.8 Å². The molecule has 1 aliphatic heterocycles. The van der Waals surface area contributed by atoms with E-state index in [0.717, 1.165) is 48.3 Å². The minimum absolute atomic E-state index is 0.421. The molecule has 6 heteroatoms. The smallest absolute Gasteiger partial charge is 0.137 e. The molecular weight excluding hydrogens is 354 g/mol. The molecule has 3 heterocycles. The standard InChI is InChI=1S/C22H23N3O3/c1-26-19-7-9-23-22(12-19)25-10-8-16-3-5-20(11-17(16)14-25)28-15-18-4-6-21(27-2)13-24-18/h3-7,9,11-13H,8,10,14-15H2,1-2H3. The molecule has 28 heavy (non-hydrogen) atoms. The van der Waals surface area contributed by atoms with Crippen LogP contribution in [0, 0.1) is 0 Å². The molecule has 144 valence electrons. The number of nitrogens with zero attached hydrogens (tertiary/aromatic N) is 3. The van der Waals surface area contributed by atoms with Crippen LogP contribution in [0.3, 0.4) is 0 Å². The highest BCUT2D eigenvalue weighted by atomic mass is 16.5. The molecule has 0 bridgehead atoms. The van der Waals surface area contributed by atoms with Crippen LogP contribution in [0.5, 0.6) is 17.2 Å². The van der Waals surface area contributed by atoms with Crippen molar-refractivity contribution in [2.75, 3.05) is 25.7 Å². The molecule has 1 aliphatic rings. The van der Waals surface area contributed by atoms with Gasteiger partial charge in [-0.15, -0.1) is 0 Å². The summed E-state index contributed by atoms with van der Waals surface area (Å²) in [5.74, 6) is 3.33. The summed E-state index contributed by atoms with van der Waals surface area (Å²) in [7, 11) is 3.30. The lowest BCUT2D eigenvalue weighted by molar-refractivity contribution is 0.300. The van der Waals surface area contributed by atoms with E-state index in [4.69, 9.17) is 14.2 Å². The molecule has 0 fully saturated rings. The van der Waals surface area contributed by atoms with E-state index in [0.29, 0.717) is 6.61 Å². The molecule has 0 aliphatic carbocycles. The van der Waals surface area contributed by atoms with E-state index in [2.05, 4.69) is 27.0 Å². The highest BCUT2D eigenvalue weighted by Crippen LogP contribution is 2.28. The minimum Gasteiger partial charge on any atom is -0.497 e. The molecule has 2 aromatic heterocycles. The number of anilines is 1. The summed E-state index contributed by atoms with van der Waals surface area (Å²) in [4.78, 5) is 11.1. The predicted octanol–water partition coefficient (Wildman–Crippen LogP) is 3.64. The van der Waals surface area contributed by atoms with E-state index in [1.807, 2.05) is 30.3 Å². The van der Waals surface area contributed by atoms with E-state index >= 15 is 0 Å². The average Bonchev–Trinajstić information content (AvgIpc) is 2.77. The topological polar surface area (TPSA) is 56.7 Å². The van der Waals surface area contributed by atoms with Gasteiger partial charge in [0.05, 0.1) is 26.1 Å². The maximum atomic E-state index is 5.95. The van der Waals surface area contributed by atoms with Crippen LogP contribution < -0.4 is 19.1 Å². The summed E-state index contributed by atoms with van der Waals surface area (Å²) in [5, 5.41) is 0. The summed E-state index contributed by atoms with van der Waals surface area (Å²) in [6.45, 7) is 2.15. The monoisotopic (exact) mass is 377 g/mol. The molecule has 4 rings (SSSR count). The van der Waals surface area contributed by atoms with E-state index in [1.54, 1.807) is 26.6 Å². The number of hydrogen-bond donors (Lipinski definition) is 0. The SMILES string of the molecule is COc1ccc(COc2ccc3c(c2)CN(c2cc(OC)ccn2)CC3)nc1. The average molecular weight is 377 g/mol. The van der Waals surface area contributed by atoms with Crippen molar-refractivity contribution in [3.63, 3.8) is 0 Å². The largest absolute Gasteiger partial charge is 0.497 e. The number of rotatable bonds is 6. The predicted molar refractivity (Wildman–Crippen MR) is 107 cm³/mol. The van der Waals surface area contributed by atoms with Crippen LogP contribution in [0.2, 0.25) is 0 Å². The van der Waals surface area contributed by atoms with Crippen molar-refractivity contribution >= 4 is 5.82 Å². The Labute approximate surface area is 164 Å². The van der Waals surface area contributed by atoms with Gasteiger partial charge < -0.3 is 19.1 Å². The molecule has 0 saturated carbocycles. The fourth-order valence-electron chi connectivity index (χ4n) is 3.29. The van der Waals surface area contributed by atoms with Gasteiger partial charge in [0.15, 0.2) is 0 Å². The fraction of sp³-hybridized carbons (Fsp3) is 0.273.